The van der Waals surface area contributed by atoms with E-state index in [2.05, 4.69) is 5.16 Å². The number of aromatic nitrogens is 1. The van der Waals surface area contributed by atoms with Crippen molar-refractivity contribution >= 4 is 29.0 Å². The Morgan fingerprint density at radius 1 is 1.33 bits per heavy atom. The van der Waals surface area contributed by atoms with Crippen LogP contribution in [0.3, 0.4) is 0 Å². The van der Waals surface area contributed by atoms with Crippen LogP contribution < -0.4 is 5.73 Å². The Morgan fingerprint density at radius 3 is 2.67 bits per heavy atom. The van der Waals surface area contributed by atoms with Gasteiger partial charge in [0, 0.05) is 0 Å². The van der Waals surface area contributed by atoms with Crippen molar-refractivity contribution < 1.29 is 8.91 Å². The topological polar surface area (TPSA) is 52.0 Å². The van der Waals surface area contributed by atoms with Gasteiger partial charge in [0.2, 0.25) is 0 Å². The van der Waals surface area contributed by atoms with Crippen molar-refractivity contribution in [2.45, 2.75) is 0 Å². The Hall–Kier alpha value is -1.26. The summed E-state index contributed by atoms with van der Waals surface area (Å²) in [5, 5.41) is 3.49. The fourth-order valence-corrected chi connectivity index (χ4v) is 1.48. The molecule has 0 atom stereocenters. The minimum Gasteiger partial charge on any atom is -0.380 e. The van der Waals surface area contributed by atoms with Gasteiger partial charge in [-0.2, -0.15) is 0 Å². The van der Waals surface area contributed by atoms with Crippen molar-refractivity contribution in [2.75, 3.05) is 5.73 Å². The second-order valence-corrected chi connectivity index (χ2v) is 3.60. The van der Waals surface area contributed by atoms with Crippen LogP contribution in [0.4, 0.5) is 10.2 Å². The Labute approximate surface area is 94.6 Å². The fraction of sp³-hybridized carbons (Fsp3) is 0. The molecule has 0 unspecified atom stereocenters. The highest BCUT2D eigenvalue weighted by Crippen LogP contribution is 2.35. The summed E-state index contributed by atoms with van der Waals surface area (Å²) in [6, 6.07) is 4.48. The summed E-state index contributed by atoms with van der Waals surface area (Å²) in [5.74, 6) is -0.516. The lowest BCUT2D eigenvalue weighted by atomic mass is 10.1. The van der Waals surface area contributed by atoms with Crippen LogP contribution >= 0.6 is 23.2 Å². The van der Waals surface area contributed by atoms with E-state index in [1.807, 2.05) is 0 Å². The minimum atomic E-state index is -0.614. The zero-order valence-electron chi connectivity index (χ0n) is 7.30. The van der Waals surface area contributed by atoms with Gasteiger partial charge in [0.05, 0.1) is 10.6 Å². The van der Waals surface area contributed by atoms with Crippen LogP contribution in [-0.2, 0) is 0 Å². The van der Waals surface area contributed by atoms with Gasteiger partial charge in [0.25, 0.3) is 0 Å². The Bertz CT molecular complexity index is 513. The largest absolute Gasteiger partial charge is 0.380 e. The second-order valence-electron chi connectivity index (χ2n) is 2.81. The van der Waals surface area contributed by atoms with Crippen LogP contribution in [0.1, 0.15) is 0 Å². The highest BCUT2D eigenvalue weighted by molar-refractivity contribution is 6.35. The summed E-state index contributed by atoms with van der Waals surface area (Å²) in [7, 11) is 0. The molecule has 1 aromatic heterocycles. The van der Waals surface area contributed by atoms with Crippen LogP contribution in [0.25, 0.3) is 11.3 Å². The normalized spacial score (nSPS) is 10.6. The summed E-state index contributed by atoms with van der Waals surface area (Å²) in [6.07, 6.45) is 0. The molecule has 2 aromatic rings. The smallest absolute Gasteiger partial charge is 0.190 e. The molecule has 1 aromatic carbocycles. The molecule has 6 heteroatoms. The van der Waals surface area contributed by atoms with Gasteiger partial charge in [0.1, 0.15) is 5.02 Å². The number of hydrogen-bond donors (Lipinski definition) is 1. The van der Waals surface area contributed by atoms with Crippen molar-refractivity contribution in [1.82, 2.24) is 5.16 Å². The van der Waals surface area contributed by atoms with E-state index in [-0.39, 0.29) is 27.2 Å². The highest BCUT2D eigenvalue weighted by Gasteiger charge is 2.18. The van der Waals surface area contributed by atoms with Crippen LogP contribution in [0.5, 0.6) is 0 Å². The molecule has 0 aliphatic carbocycles. The van der Waals surface area contributed by atoms with Gasteiger partial charge in [0.15, 0.2) is 17.4 Å². The maximum Gasteiger partial charge on any atom is 0.190 e. The van der Waals surface area contributed by atoms with Crippen LogP contribution in [0, 0.1) is 5.82 Å². The second kappa shape index (κ2) is 3.72. The molecule has 1 heterocycles. The number of hydrogen-bond acceptors (Lipinski definition) is 3. The van der Waals surface area contributed by atoms with E-state index in [0.29, 0.717) is 0 Å². The number of nitrogens with zero attached hydrogens (tertiary/aromatic N) is 1. The average Bonchev–Trinajstić information content (AvgIpc) is 2.53. The van der Waals surface area contributed by atoms with E-state index >= 15 is 0 Å². The Balaban J connectivity index is 2.64. The van der Waals surface area contributed by atoms with Crippen molar-refractivity contribution in [3.05, 3.63) is 34.1 Å². The lowest BCUT2D eigenvalue weighted by molar-refractivity contribution is 0.433. The summed E-state index contributed by atoms with van der Waals surface area (Å²) >= 11 is 11.4. The SMILES string of the molecule is Nc1noc(-c2cccc(Cl)c2F)c1Cl. The lowest BCUT2D eigenvalue weighted by Gasteiger charge is -2.00. The van der Waals surface area contributed by atoms with E-state index in [1.54, 1.807) is 6.07 Å². The molecule has 0 amide bonds. The third kappa shape index (κ3) is 1.66. The molecule has 2 rings (SSSR count). The summed E-state index contributed by atoms with van der Waals surface area (Å²) in [6.45, 7) is 0. The van der Waals surface area contributed by atoms with Crippen LogP contribution in [-0.4, -0.2) is 5.16 Å². The summed E-state index contributed by atoms with van der Waals surface area (Å²) in [4.78, 5) is 0. The maximum absolute atomic E-state index is 13.6. The molecule has 78 valence electrons. The summed E-state index contributed by atoms with van der Waals surface area (Å²) < 4.78 is 18.4. The van der Waals surface area contributed by atoms with Gasteiger partial charge in [-0.15, -0.1) is 0 Å². The predicted molar refractivity (Wildman–Crippen MR) is 56.3 cm³/mol. The minimum absolute atomic E-state index is 0.0152. The van der Waals surface area contributed by atoms with Gasteiger partial charge < -0.3 is 10.3 Å². The molecule has 0 radical (unpaired) electrons. The molecule has 0 spiro atoms. The van der Waals surface area contributed by atoms with E-state index in [9.17, 15) is 4.39 Å². The monoisotopic (exact) mass is 246 g/mol. The van der Waals surface area contributed by atoms with Crippen molar-refractivity contribution in [2.24, 2.45) is 0 Å². The zero-order chi connectivity index (χ0) is 11.0. The standard InChI is InChI=1S/C9H5Cl2FN2O/c10-5-3-1-2-4(7(5)12)8-6(11)9(13)14-15-8/h1-3H,(H2,13,14). The first-order valence-electron chi connectivity index (χ1n) is 3.96. The number of nitrogen functional groups attached to an aromatic ring is 1. The van der Waals surface area contributed by atoms with Gasteiger partial charge in [-0.25, -0.2) is 4.39 Å². The molecule has 0 bridgehead atoms. The summed E-state index contributed by atoms with van der Waals surface area (Å²) in [5.41, 5.74) is 5.51. The van der Waals surface area contributed by atoms with Crippen molar-refractivity contribution in [3.8, 4) is 11.3 Å². The van der Waals surface area contributed by atoms with Crippen molar-refractivity contribution in [1.29, 1.82) is 0 Å². The van der Waals surface area contributed by atoms with Gasteiger partial charge >= 0.3 is 0 Å². The van der Waals surface area contributed by atoms with E-state index in [4.69, 9.17) is 33.5 Å². The predicted octanol–water partition coefficient (Wildman–Crippen LogP) is 3.37. The van der Waals surface area contributed by atoms with Crippen LogP contribution in [0.2, 0.25) is 10.0 Å². The molecule has 0 saturated heterocycles. The van der Waals surface area contributed by atoms with E-state index in [0.717, 1.165) is 0 Å². The number of anilines is 1. The average molecular weight is 247 g/mol. The lowest BCUT2D eigenvalue weighted by Crippen LogP contribution is -1.85. The highest BCUT2D eigenvalue weighted by atomic mass is 35.5. The maximum atomic E-state index is 13.6. The number of rotatable bonds is 1. The quantitative estimate of drug-likeness (QED) is 0.840. The van der Waals surface area contributed by atoms with Crippen molar-refractivity contribution in [3.63, 3.8) is 0 Å². The van der Waals surface area contributed by atoms with Crippen LogP contribution in [0.15, 0.2) is 22.7 Å². The van der Waals surface area contributed by atoms with Gasteiger partial charge in [-0.3, -0.25) is 0 Å². The molecule has 0 fully saturated rings. The molecular formula is C9H5Cl2FN2O. The molecule has 2 N–H and O–H groups in total. The van der Waals surface area contributed by atoms with Gasteiger partial charge in [-0.1, -0.05) is 34.4 Å². The van der Waals surface area contributed by atoms with Gasteiger partial charge in [-0.05, 0) is 12.1 Å². The first-order chi connectivity index (χ1) is 7.11. The molecule has 0 saturated carbocycles. The third-order valence-electron chi connectivity index (χ3n) is 1.86. The Kier molecular flexibility index (Phi) is 2.54. The number of halogens is 3. The number of nitrogens with two attached hydrogens (primary N) is 1. The molecule has 0 aliphatic rings. The first-order valence-corrected chi connectivity index (χ1v) is 4.72. The Morgan fingerprint density at radius 2 is 2.07 bits per heavy atom. The number of benzene rings is 1. The molecule has 3 nitrogen and oxygen atoms in total. The molecule has 15 heavy (non-hydrogen) atoms. The molecular weight excluding hydrogens is 242 g/mol. The first kappa shape index (κ1) is 10.3. The fourth-order valence-electron chi connectivity index (χ4n) is 1.14. The van der Waals surface area contributed by atoms with E-state index < -0.39 is 5.82 Å². The zero-order valence-corrected chi connectivity index (χ0v) is 8.81. The third-order valence-corrected chi connectivity index (χ3v) is 2.51. The molecule has 0 aliphatic heterocycles. The van der Waals surface area contributed by atoms with E-state index in [1.165, 1.54) is 12.1 Å².